The van der Waals surface area contributed by atoms with Crippen molar-refractivity contribution in [3.05, 3.63) is 42.5 Å². The minimum absolute atomic E-state index is 0.379. The first-order valence-corrected chi connectivity index (χ1v) is 7.70. The Kier molecular flexibility index (Phi) is 4.06. The summed E-state index contributed by atoms with van der Waals surface area (Å²) in [7, 11) is 1.50. The number of hydrogen-bond donors (Lipinski definition) is 1. The number of H-pyrrole nitrogens is 1. The molecule has 0 aliphatic heterocycles. The average molecular weight is 316 g/mol. The van der Waals surface area contributed by atoms with Crippen LogP contribution >= 0.6 is 11.8 Å². The number of hydrogen-bond acceptors (Lipinski definition) is 5. The summed E-state index contributed by atoms with van der Waals surface area (Å²) in [4.78, 5) is 8.60. The molecule has 1 N–H and O–H groups in total. The van der Waals surface area contributed by atoms with Crippen LogP contribution in [0.2, 0.25) is 0 Å². The standard InChI is InChI=1S/C15H13FN4OS/c1-21-11-6-9(5-10(16)7-11)14-12(8-18-20-14)13-3-4-17-15(19-13)22-2/h3-8H,1-2H3,(H,18,20). The van der Waals surface area contributed by atoms with Gasteiger partial charge in [-0.15, -0.1) is 0 Å². The molecular formula is C15H13FN4OS. The van der Waals surface area contributed by atoms with Gasteiger partial charge in [0, 0.05) is 29.6 Å². The highest BCUT2D eigenvalue weighted by molar-refractivity contribution is 7.98. The van der Waals surface area contributed by atoms with Gasteiger partial charge in [0.1, 0.15) is 17.3 Å². The van der Waals surface area contributed by atoms with Crippen LogP contribution in [-0.2, 0) is 0 Å². The summed E-state index contributed by atoms with van der Waals surface area (Å²) < 4.78 is 18.8. The van der Waals surface area contributed by atoms with Crippen molar-refractivity contribution in [3.63, 3.8) is 0 Å². The molecule has 3 aromatic rings. The van der Waals surface area contributed by atoms with Crippen molar-refractivity contribution in [2.45, 2.75) is 5.16 Å². The molecule has 22 heavy (non-hydrogen) atoms. The summed E-state index contributed by atoms with van der Waals surface area (Å²) in [5.74, 6) is 0.0623. The van der Waals surface area contributed by atoms with Gasteiger partial charge in [-0.3, -0.25) is 5.10 Å². The van der Waals surface area contributed by atoms with E-state index in [9.17, 15) is 4.39 Å². The van der Waals surface area contributed by atoms with E-state index in [0.29, 0.717) is 22.2 Å². The molecule has 0 saturated heterocycles. The number of aromatic amines is 1. The number of nitrogens with zero attached hydrogens (tertiary/aromatic N) is 3. The predicted octanol–water partition coefficient (Wildman–Crippen LogP) is 3.40. The third-order valence-electron chi connectivity index (χ3n) is 3.11. The molecule has 0 aliphatic rings. The Hall–Kier alpha value is -2.41. The largest absolute Gasteiger partial charge is 0.497 e. The number of benzene rings is 1. The summed E-state index contributed by atoms with van der Waals surface area (Å²) in [5.41, 5.74) is 2.75. The fourth-order valence-electron chi connectivity index (χ4n) is 2.11. The third-order valence-corrected chi connectivity index (χ3v) is 3.67. The van der Waals surface area contributed by atoms with E-state index in [4.69, 9.17) is 4.74 Å². The van der Waals surface area contributed by atoms with Crippen LogP contribution in [0.1, 0.15) is 0 Å². The Morgan fingerprint density at radius 1 is 1.27 bits per heavy atom. The highest BCUT2D eigenvalue weighted by atomic mass is 32.2. The summed E-state index contributed by atoms with van der Waals surface area (Å²) in [6.07, 6.45) is 5.34. The van der Waals surface area contributed by atoms with Crippen LogP contribution in [0.15, 0.2) is 41.8 Å². The van der Waals surface area contributed by atoms with Gasteiger partial charge in [0.25, 0.3) is 0 Å². The zero-order chi connectivity index (χ0) is 15.5. The van der Waals surface area contributed by atoms with Crippen molar-refractivity contribution in [2.75, 3.05) is 13.4 Å². The summed E-state index contributed by atoms with van der Waals surface area (Å²) in [6, 6.07) is 6.27. The zero-order valence-corrected chi connectivity index (χ0v) is 12.8. The Bertz CT molecular complexity index is 806. The van der Waals surface area contributed by atoms with Gasteiger partial charge < -0.3 is 4.74 Å². The zero-order valence-electron chi connectivity index (χ0n) is 12.0. The normalized spacial score (nSPS) is 10.7. The van der Waals surface area contributed by atoms with Gasteiger partial charge in [-0.05, 0) is 24.5 Å². The minimum Gasteiger partial charge on any atom is -0.497 e. The lowest BCUT2D eigenvalue weighted by molar-refractivity contribution is 0.411. The van der Waals surface area contributed by atoms with Gasteiger partial charge >= 0.3 is 0 Å². The molecule has 0 radical (unpaired) electrons. The molecule has 5 nitrogen and oxygen atoms in total. The second kappa shape index (κ2) is 6.15. The third kappa shape index (κ3) is 2.80. The monoisotopic (exact) mass is 316 g/mol. The smallest absolute Gasteiger partial charge is 0.187 e. The first kappa shape index (κ1) is 14.5. The van der Waals surface area contributed by atoms with Crippen LogP contribution in [-0.4, -0.2) is 33.5 Å². The first-order valence-electron chi connectivity index (χ1n) is 6.47. The fraction of sp³-hybridized carbons (Fsp3) is 0.133. The molecular weight excluding hydrogens is 303 g/mol. The quantitative estimate of drug-likeness (QED) is 0.590. The van der Waals surface area contributed by atoms with Crippen molar-refractivity contribution < 1.29 is 9.13 Å². The van der Waals surface area contributed by atoms with Crippen molar-refractivity contribution >= 4 is 11.8 Å². The van der Waals surface area contributed by atoms with E-state index in [1.807, 2.05) is 6.26 Å². The van der Waals surface area contributed by atoms with Crippen molar-refractivity contribution in [1.82, 2.24) is 20.2 Å². The lowest BCUT2D eigenvalue weighted by Gasteiger charge is -2.06. The van der Waals surface area contributed by atoms with Gasteiger partial charge in [0.2, 0.25) is 0 Å². The first-order chi connectivity index (χ1) is 10.7. The lowest BCUT2D eigenvalue weighted by Crippen LogP contribution is -1.91. The number of thioether (sulfide) groups is 1. The Labute approximate surface area is 131 Å². The van der Waals surface area contributed by atoms with Gasteiger partial charge in [-0.1, -0.05) is 11.8 Å². The van der Waals surface area contributed by atoms with Crippen molar-refractivity contribution in [3.8, 4) is 28.3 Å². The second-order valence-electron chi connectivity index (χ2n) is 4.46. The predicted molar refractivity (Wildman–Crippen MR) is 83.3 cm³/mol. The average Bonchev–Trinajstić information content (AvgIpc) is 3.04. The number of aromatic nitrogens is 4. The second-order valence-corrected chi connectivity index (χ2v) is 5.23. The molecule has 7 heteroatoms. The van der Waals surface area contributed by atoms with Crippen LogP contribution in [0.5, 0.6) is 5.75 Å². The Balaban J connectivity index is 2.10. The van der Waals surface area contributed by atoms with E-state index < -0.39 is 0 Å². The molecule has 1 aromatic carbocycles. The topological polar surface area (TPSA) is 63.7 Å². The molecule has 0 amide bonds. The molecule has 0 fully saturated rings. The maximum Gasteiger partial charge on any atom is 0.187 e. The summed E-state index contributed by atoms with van der Waals surface area (Å²) in [5, 5.41) is 7.70. The molecule has 0 saturated carbocycles. The molecule has 2 heterocycles. The van der Waals surface area contributed by atoms with E-state index in [2.05, 4.69) is 20.2 Å². The molecule has 0 spiro atoms. The maximum atomic E-state index is 13.7. The van der Waals surface area contributed by atoms with Crippen LogP contribution in [0.3, 0.4) is 0 Å². The molecule has 0 aliphatic carbocycles. The minimum atomic E-state index is -0.379. The van der Waals surface area contributed by atoms with Gasteiger partial charge in [-0.2, -0.15) is 5.10 Å². The number of nitrogens with one attached hydrogen (secondary N) is 1. The van der Waals surface area contributed by atoms with Crippen LogP contribution < -0.4 is 4.74 Å². The molecule has 112 valence electrons. The molecule has 0 bridgehead atoms. The van der Waals surface area contributed by atoms with Crippen LogP contribution in [0, 0.1) is 5.82 Å². The molecule has 0 atom stereocenters. The van der Waals surface area contributed by atoms with Gasteiger partial charge in [0.15, 0.2) is 5.16 Å². The van der Waals surface area contributed by atoms with Crippen LogP contribution in [0.25, 0.3) is 22.5 Å². The number of rotatable bonds is 4. The highest BCUT2D eigenvalue weighted by Gasteiger charge is 2.14. The van der Waals surface area contributed by atoms with E-state index >= 15 is 0 Å². The van der Waals surface area contributed by atoms with Crippen LogP contribution in [0.4, 0.5) is 4.39 Å². The maximum absolute atomic E-state index is 13.7. The van der Waals surface area contributed by atoms with Gasteiger partial charge in [0.05, 0.1) is 12.8 Å². The summed E-state index contributed by atoms with van der Waals surface area (Å²) in [6.45, 7) is 0. The van der Waals surface area contributed by atoms with E-state index in [1.54, 1.807) is 24.5 Å². The molecule has 2 aromatic heterocycles. The van der Waals surface area contributed by atoms with Crippen molar-refractivity contribution in [2.24, 2.45) is 0 Å². The fourth-order valence-corrected chi connectivity index (χ4v) is 2.47. The lowest BCUT2D eigenvalue weighted by atomic mass is 10.1. The van der Waals surface area contributed by atoms with Crippen molar-refractivity contribution in [1.29, 1.82) is 0 Å². The SMILES string of the molecule is COc1cc(F)cc(-c2n[nH]cc2-c2ccnc(SC)n2)c1. The van der Waals surface area contributed by atoms with E-state index in [1.165, 1.54) is 31.0 Å². The van der Waals surface area contributed by atoms with E-state index in [0.717, 1.165) is 11.3 Å². The Morgan fingerprint density at radius 2 is 2.14 bits per heavy atom. The molecule has 3 rings (SSSR count). The summed E-state index contributed by atoms with van der Waals surface area (Å²) >= 11 is 1.46. The number of methoxy groups -OCH3 is 1. The number of halogens is 1. The Morgan fingerprint density at radius 3 is 2.91 bits per heavy atom. The highest BCUT2D eigenvalue weighted by Crippen LogP contribution is 2.32. The van der Waals surface area contributed by atoms with E-state index in [-0.39, 0.29) is 5.82 Å². The molecule has 0 unspecified atom stereocenters. The number of ether oxygens (including phenoxy) is 1. The van der Waals surface area contributed by atoms with Gasteiger partial charge in [-0.25, -0.2) is 14.4 Å².